The van der Waals surface area contributed by atoms with Gasteiger partial charge in [0.15, 0.2) is 0 Å². The van der Waals surface area contributed by atoms with Crippen LogP contribution in [0.1, 0.15) is 0 Å². The third-order valence-corrected chi connectivity index (χ3v) is 1.53. The van der Waals surface area contributed by atoms with Gasteiger partial charge in [-0.25, -0.2) is 0 Å². The van der Waals surface area contributed by atoms with Gasteiger partial charge in [0, 0.05) is 13.3 Å². The van der Waals surface area contributed by atoms with Gasteiger partial charge in [-0.2, -0.15) is 18.3 Å². The molecule has 5 nitrogen and oxygen atoms in total. The number of nitrogens with zero attached hydrogens (tertiary/aromatic N) is 2. The van der Waals surface area contributed by atoms with Crippen LogP contribution in [0.4, 0.5) is 18.9 Å². The Hall–Kier alpha value is -1.57. The molecule has 1 amide bonds. The van der Waals surface area contributed by atoms with Gasteiger partial charge in [-0.15, -0.1) is 0 Å². The van der Waals surface area contributed by atoms with E-state index in [1.165, 1.54) is 7.11 Å². The highest BCUT2D eigenvalue weighted by Crippen LogP contribution is 2.17. The maximum absolute atomic E-state index is 12.0. The van der Waals surface area contributed by atoms with Crippen molar-refractivity contribution in [2.24, 2.45) is 0 Å². The number of anilines is 1. The molecule has 1 N–H and O–H groups in total. The Kier molecular flexibility index (Phi) is 3.88. The van der Waals surface area contributed by atoms with E-state index in [1.807, 2.05) is 0 Å². The lowest BCUT2D eigenvalue weighted by molar-refractivity contribution is -0.142. The molecule has 0 saturated heterocycles. The molecule has 0 atom stereocenters. The van der Waals surface area contributed by atoms with Crippen molar-refractivity contribution in [3.8, 4) is 0 Å². The number of carbonyl (C=O) groups is 1. The Morgan fingerprint density at radius 3 is 2.88 bits per heavy atom. The molecule has 0 aliphatic heterocycles. The second-order valence-corrected chi connectivity index (χ2v) is 3.02. The Bertz CT molecular complexity index is 362. The molecule has 0 aliphatic rings. The number of hydrogen-bond acceptors (Lipinski definition) is 3. The fourth-order valence-corrected chi connectivity index (χ4v) is 1.03. The molecule has 8 heteroatoms. The molecule has 1 aromatic rings. The van der Waals surface area contributed by atoms with Gasteiger partial charge >= 0.3 is 6.18 Å². The number of halogens is 3. The maximum atomic E-state index is 12.0. The van der Waals surface area contributed by atoms with Gasteiger partial charge in [-0.1, -0.05) is 0 Å². The number of nitrogens with one attached hydrogen (secondary N) is 1. The highest BCUT2D eigenvalue weighted by Gasteiger charge is 2.28. The van der Waals surface area contributed by atoms with Crippen LogP contribution in [0.15, 0.2) is 12.4 Å². The Labute approximate surface area is 89.2 Å². The van der Waals surface area contributed by atoms with Crippen LogP contribution in [0, 0.1) is 0 Å². The zero-order chi connectivity index (χ0) is 12.2. The van der Waals surface area contributed by atoms with E-state index in [-0.39, 0.29) is 12.3 Å². The van der Waals surface area contributed by atoms with Crippen molar-refractivity contribution in [3.63, 3.8) is 0 Å². The highest BCUT2D eigenvalue weighted by atomic mass is 19.4. The molecule has 0 spiro atoms. The van der Waals surface area contributed by atoms with E-state index in [0.29, 0.717) is 4.68 Å². The quantitative estimate of drug-likeness (QED) is 0.850. The van der Waals surface area contributed by atoms with Gasteiger partial charge in [0.2, 0.25) is 5.91 Å². The first-order valence-electron chi connectivity index (χ1n) is 4.29. The number of ether oxygens (including phenoxy) is 1. The minimum absolute atomic E-state index is 0.162. The number of hydrogen-bond donors (Lipinski definition) is 1. The van der Waals surface area contributed by atoms with Crippen LogP contribution < -0.4 is 5.32 Å². The van der Waals surface area contributed by atoms with Crippen molar-refractivity contribution in [3.05, 3.63) is 12.4 Å². The molecule has 0 aliphatic carbocycles. The second-order valence-electron chi connectivity index (χ2n) is 3.02. The van der Waals surface area contributed by atoms with Crippen molar-refractivity contribution in [2.75, 3.05) is 19.0 Å². The van der Waals surface area contributed by atoms with Gasteiger partial charge in [0.1, 0.15) is 13.2 Å². The van der Waals surface area contributed by atoms with Crippen LogP contribution in [0.3, 0.4) is 0 Å². The van der Waals surface area contributed by atoms with E-state index in [0.717, 1.165) is 12.4 Å². The molecule has 1 aromatic heterocycles. The maximum Gasteiger partial charge on any atom is 0.408 e. The Morgan fingerprint density at radius 1 is 1.62 bits per heavy atom. The van der Waals surface area contributed by atoms with Crippen molar-refractivity contribution >= 4 is 11.6 Å². The standard InChI is InChI=1S/C8H10F3N3O2/c1-16-4-7(15)13-6-2-12-14(3-6)5-8(9,10)11/h2-3H,4-5H2,1H3,(H,13,15). The van der Waals surface area contributed by atoms with E-state index in [9.17, 15) is 18.0 Å². The van der Waals surface area contributed by atoms with Gasteiger partial charge in [-0.3, -0.25) is 9.48 Å². The van der Waals surface area contributed by atoms with Gasteiger partial charge in [-0.05, 0) is 0 Å². The van der Waals surface area contributed by atoms with Gasteiger partial charge in [0.05, 0.1) is 11.9 Å². The number of alkyl halides is 3. The summed E-state index contributed by atoms with van der Waals surface area (Å²) in [6.45, 7) is -1.35. The minimum Gasteiger partial charge on any atom is -0.375 e. The molecule has 1 rings (SSSR count). The Morgan fingerprint density at radius 2 is 2.31 bits per heavy atom. The summed E-state index contributed by atoms with van der Waals surface area (Å²) in [6.07, 6.45) is -2.10. The van der Waals surface area contributed by atoms with Crippen LogP contribution in [-0.4, -0.2) is 35.6 Å². The van der Waals surface area contributed by atoms with E-state index in [2.05, 4.69) is 15.2 Å². The van der Waals surface area contributed by atoms with Crippen molar-refractivity contribution in [2.45, 2.75) is 12.7 Å². The van der Waals surface area contributed by atoms with E-state index >= 15 is 0 Å². The normalized spacial score (nSPS) is 11.5. The van der Waals surface area contributed by atoms with Crippen molar-refractivity contribution < 1.29 is 22.7 Å². The minimum atomic E-state index is -4.33. The molecule has 0 saturated carbocycles. The lowest BCUT2D eigenvalue weighted by atomic mass is 10.5. The van der Waals surface area contributed by atoms with E-state index in [4.69, 9.17) is 0 Å². The van der Waals surface area contributed by atoms with Crippen LogP contribution in [0.25, 0.3) is 0 Å². The van der Waals surface area contributed by atoms with Crippen molar-refractivity contribution in [1.82, 2.24) is 9.78 Å². The lowest BCUT2D eigenvalue weighted by Gasteiger charge is -2.05. The van der Waals surface area contributed by atoms with E-state index < -0.39 is 18.6 Å². The second kappa shape index (κ2) is 4.97. The third-order valence-electron chi connectivity index (χ3n) is 1.53. The van der Waals surface area contributed by atoms with Crippen LogP contribution >= 0.6 is 0 Å². The summed E-state index contributed by atoms with van der Waals surface area (Å²) in [7, 11) is 1.34. The SMILES string of the molecule is COCC(=O)Nc1cnn(CC(F)(F)F)c1. The molecule has 0 fully saturated rings. The summed E-state index contributed by atoms with van der Waals surface area (Å²) in [4.78, 5) is 11.0. The molecule has 16 heavy (non-hydrogen) atoms. The summed E-state index contributed by atoms with van der Waals surface area (Å²) in [5, 5.41) is 5.79. The highest BCUT2D eigenvalue weighted by molar-refractivity contribution is 5.91. The topological polar surface area (TPSA) is 56.1 Å². The summed E-state index contributed by atoms with van der Waals surface area (Å²) in [6, 6.07) is 0. The van der Waals surface area contributed by atoms with Gasteiger partial charge in [0.25, 0.3) is 0 Å². The fourth-order valence-electron chi connectivity index (χ4n) is 1.03. The first-order chi connectivity index (χ1) is 7.40. The first-order valence-corrected chi connectivity index (χ1v) is 4.29. The molecule has 0 radical (unpaired) electrons. The monoisotopic (exact) mass is 237 g/mol. The molecule has 1 heterocycles. The fraction of sp³-hybridized carbons (Fsp3) is 0.500. The molecular weight excluding hydrogens is 227 g/mol. The van der Waals surface area contributed by atoms with Crippen LogP contribution in [-0.2, 0) is 16.1 Å². The third kappa shape index (κ3) is 4.30. The smallest absolute Gasteiger partial charge is 0.375 e. The number of rotatable bonds is 4. The predicted molar refractivity (Wildman–Crippen MR) is 48.8 cm³/mol. The molecule has 0 unspecified atom stereocenters. The van der Waals surface area contributed by atoms with Crippen LogP contribution in [0.2, 0.25) is 0 Å². The first kappa shape index (κ1) is 12.5. The van der Waals surface area contributed by atoms with Gasteiger partial charge < -0.3 is 10.1 Å². The summed E-state index contributed by atoms with van der Waals surface area (Å²) < 4.78 is 41.1. The number of methoxy groups -OCH3 is 1. The summed E-state index contributed by atoms with van der Waals surface area (Å²) in [5.74, 6) is -0.450. The number of aromatic nitrogens is 2. The number of carbonyl (C=O) groups excluding carboxylic acids is 1. The summed E-state index contributed by atoms with van der Waals surface area (Å²) >= 11 is 0. The van der Waals surface area contributed by atoms with Crippen molar-refractivity contribution in [1.29, 1.82) is 0 Å². The molecule has 0 bridgehead atoms. The largest absolute Gasteiger partial charge is 0.408 e. The summed E-state index contributed by atoms with van der Waals surface area (Å²) in [5.41, 5.74) is 0.200. The zero-order valence-electron chi connectivity index (χ0n) is 8.41. The predicted octanol–water partition coefficient (Wildman–Crippen LogP) is 1.03. The lowest BCUT2D eigenvalue weighted by Crippen LogP contribution is -2.18. The molecule has 90 valence electrons. The molecular formula is C8H10F3N3O2. The average Bonchev–Trinajstić information content (AvgIpc) is 2.49. The number of amides is 1. The van der Waals surface area contributed by atoms with Crippen LogP contribution in [0.5, 0.6) is 0 Å². The Balaban J connectivity index is 2.55. The molecule has 0 aromatic carbocycles. The average molecular weight is 237 g/mol. The zero-order valence-corrected chi connectivity index (χ0v) is 8.41. The van der Waals surface area contributed by atoms with E-state index in [1.54, 1.807) is 0 Å².